The van der Waals surface area contributed by atoms with Crippen molar-refractivity contribution in [1.82, 2.24) is 9.80 Å². The average molecular weight is 280 g/mol. The number of hydrogen-bond donors (Lipinski definition) is 1. The van der Waals surface area contributed by atoms with Gasteiger partial charge >= 0.3 is 0 Å². The van der Waals surface area contributed by atoms with Crippen LogP contribution in [0.4, 0.5) is 0 Å². The zero-order valence-electron chi connectivity index (χ0n) is 12.1. The van der Waals surface area contributed by atoms with Crippen LogP contribution in [-0.2, 0) is 9.59 Å². The maximum Gasteiger partial charge on any atom is 0.228 e. The second-order valence-corrected chi connectivity index (χ2v) is 6.76. The lowest BCUT2D eigenvalue weighted by Gasteiger charge is -2.35. The van der Waals surface area contributed by atoms with Crippen molar-refractivity contribution in [1.29, 1.82) is 0 Å². The zero-order chi connectivity index (χ0) is 14.3. The van der Waals surface area contributed by atoms with Crippen LogP contribution < -0.4 is 0 Å². The fraction of sp³-hybridized carbons (Fsp3) is 0.867. The molecule has 2 amide bonds. The lowest BCUT2D eigenvalue weighted by molar-refractivity contribution is -0.139. The van der Waals surface area contributed by atoms with Crippen LogP contribution in [-0.4, -0.2) is 59.0 Å². The summed E-state index contributed by atoms with van der Waals surface area (Å²) in [7, 11) is 0. The topological polar surface area (TPSA) is 60.9 Å². The molecule has 3 unspecified atom stereocenters. The van der Waals surface area contributed by atoms with Gasteiger partial charge in [0, 0.05) is 32.6 Å². The Balaban J connectivity index is 1.56. The first-order valence-corrected chi connectivity index (χ1v) is 7.79. The standard InChI is InChI=1S/C15H24N2O3/c1-10-4-5-16(9-13(10)18)15(20)12-6-14(19)17(8-12)7-11-2-3-11/h10-13,18H,2-9H2,1H3. The van der Waals surface area contributed by atoms with E-state index in [1.54, 1.807) is 4.90 Å². The maximum absolute atomic E-state index is 12.5. The monoisotopic (exact) mass is 280 g/mol. The molecule has 20 heavy (non-hydrogen) atoms. The van der Waals surface area contributed by atoms with E-state index in [-0.39, 0.29) is 23.7 Å². The van der Waals surface area contributed by atoms with E-state index in [4.69, 9.17) is 0 Å². The zero-order valence-corrected chi connectivity index (χ0v) is 12.1. The third-order valence-electron chi connectivity index (χ3n) is 4.97. The van der Waals surface area contributed by atoms with E-state index in [1.165, 1.54) is 12.8 Å². The molecule has 2 aliphatic heterocycles. The third-order valence-corrected chi connectivity index (χ3v) is 4.97. The smallest absolute Gasteiger partial charge is 0.228 e. The Hall–Kier alpha value is -1.10. The first-order chi connectivity index (χ1) is 9.54. The highest BCUT2D eigenvalue weighted by molar-refractivity contribution is 5.89. The van der Waals surface area contributed by atoms with Crippen molar-refractivity contribution in [3.8, 4) is 0 Å². The predicted octanol–water partition coefficient (Wildman–Crippen LogP) is 0.474. The summed E-state index contributed by atoms with van der Waals surface area (Å²) in [4.78, 5) is 28.1. The van der Waals surface area contributed by atoms with E-state index in [0.29, 0.717) is 32.0 Å². The minimum absolute atomic E-state index is 0.0580. The molecule has 2 saturated heterocycles. The first kappa shape index (κ1) is 13.9. The second kappa shape index (κ2) is 5.35. The minimum Gasteiger partial charge on any atom is -0.391 e. The molecule has 5 nitrogen and oxygen atoms in total. The molecule has 0 spiro atoms. The van der Waals surface area contributed by atoms with Crippen LogP contribution in [0.1, 0.15) is 32.6 Å². The highest BCUT2D eigenvalue weighted by Crippen LogP contribution is 2.32. The first-order valence-electron chi connectivity index (χ1n) is 7.79. The number of hydrogen-bond acceptors (Lipinski definition) is 3. The van der Waals surface area contributed by atoms with Crippen molar-refractivity contribution in [2.75, 3.05) is 26.2 Å². The summed E-state index contributed by atoms with van der Waals surface area (Å²) in [6.45, 7) is 4.57. The molecule has 1 saturated carbocycles. The molecule has 112 valence electrons. The molecule has 3 fully saturated rings. The molecule has 3 rings (SSSR count). The molecule has 0 aromatic heterocycles. The molecule has 5 heteroatoms. The van der Waals surface area contributed by atoms with Gasteiger partial charge in [0.1, 0.15) is 0 Å². The van der Waals surface area contributed by atoms with Gasteiger partial charge in [-0.1, -0.05) is 6.92 Å². The Morgan fingerprint density at radius 3 is 2.70 bits per heavy atom. The number of carbonyl (C=O) groups is 2. The van der Waals surface area contributed by atoms with Crippen LogP contribution in [0.3, 0.4) is 0 Å². The Morgan fingerprint density at radius 2 is 2.05 bits per heavy atom. The number of β-amino-alcohol motifs (C(OH)–C–C–N with tert-alkyl or cyclic N) is 1. The summed E-state index contributed by atoms with van der Waals surface area (Å²) in [6.07, 6.45) is 3.22. The molecule has 2 heterocycles. The van der Waals surface area contributed by atoms with Gasteiger partial charge in [-0.05, 0) is 31.1 Å². The predicted molar refractivity (Wildman–Crippen MR) is 73.8 cm³/mol. The SMILES string of the molecule is CC1CCN(C(=O)C2CC(=O)N(CC3CC3)C2)CC1O. The van der Waals surface area contributed by atoms with Gasteiger partial charge in [-0.2, -0.15) is 0 Å². The molecule has 1 N–H and O–H groups in total. The van der Waals surface area contributed by atoms with Crippen LogP contribution in [0.5, 0.6) is 0 Å². The number of aliphatic hydroxyl groups is 1. The van der Waals surface area contributed by atoms with Crippen LogP contribution in [0.25, 0.3) is 0 Å². The van der Waals surface area contributed by atoms with Crippen LogP contribution in [0.15, 0.2) is 0 Å². The van der Waals surface area contributed by atoms with Gasteiger partial charge in [-0.25, -0.2) is 0 Å². The number of piperidine rings is 1. The molecular formula is C15H24N2O3. The Bertz CT molecular complexity index is 408. The Labute approximate surface area is 119 Å². The summed E-state index contributed by atoms with van der Waals surface area (Å²) in [6, 6.07) is 0. The summed E-state index contributed by atoms with van der Waals surface area (Å²) >= 11 is 0. The van der Waals surface area contributed by atoms with Crippen molar-refractivity contribution < 1.29 is 14.7 Å². The fourth-order valence-corrected chi connectivity index (χ4v) is 3.23. The van der Waals surface area contributed by atoms with E-state index in [0.717, 1.165) is 13.0 Å². The summed E-state index contributed by atoms with van der Waals surface area (Å²) in [5, 5.41) is 9.90. The molecule has 0 aromatic rings. The van der Waals surface area contributed by atoms with Crippen LogP contribution >= 0.6 is 0 Å². The number of aliphatic hydroxyl groups excluding tert-OH is 1. The van der Waals surface area contributed by atoms with Crippen LogP contribution in [0.2, 0.25) is 0 Å². The summed E-state index contributed by atoms with van der Waals surface area (Å²) in [5.41, 5.74) is 0. The highest BCUT2D eigenvalue weighted by Gasteiger charge is 2.40. The number of likely N-dealkylation sites (tertiary alicyclic amines) is 2. The minimum atomic E-state index is -0.424. The molecule has 0 radical (unpaired) electrons. The molecule has 0 bridgehead atoms. The number of rotatable bonds is 3. The van der Waals surface area contributed by atoms with Gasteiger partial charge in [-0.15, -0.1) is 0 Å². The normalized spacial score (nSPS) is 34.7. The Morgan fingerprint density at radius 1 is 1.30 bits per heavy atom. The van der Waals surface area contributed by atoms with Gasteiger partial charge in [0.05, 0.1) is 12.0 Å². The second-order valence-electron chi connectivity index (χ2n) is 6.76. The Kier molecular flexibility index (Phi) is 3.71. The number of amides is 2. The molecule has 3 aliphatic rings. The lowest BCUT2D eigenvalue weighted by atomic mass is 9.94. The summed E-state index contributed by atoms with van der Waals surface area (Å²) < 4.78 is 0. The molecule has 3 atom stereocenters. The largest absolute Gasteiger partial charge is 0.391 e. The third kappa shape index (κ3) is 2.82. The number of carbonyl (C=O) groups excluding carboxylic acids is 2. The van der Waals surface area contributed by atoms with Gasteiger partial charge in [0.25, 0.3) is 0 Å². The lowest BCUT2D eigenvalue weighted by Crippen LogP contribution is -2.48. The van der Waals surface area contributed by atoms with Gasteiger partial charge in [0.2, 0.25) is 11.8 Å². The van der Waals surface area contributed by atoms with Gasteiger partial charge < -0.3 is 14.9 Å². The maximum atomic E-state index is 12.5. The van der Waals surface area contributed by atoms with Crippen molar-refractivity contribution in [3.05, 3.63) is 0 Å². The number of nitrogens with zero attached hydrogens (tertiary/aromatic N) is 2. The quantitative estimate of drug-likeness (QED) is 0.817. The van der Waals surface area contributed by atoms with E-state index < -0.39 is 6.10 Å². The molecule has 1 aliphatic carbocycles. The van der Waals surface area contributed by atoms with Crippen molar-refractivity contribution in [2.45, 2.75) is 38.7 Å². The van der Waals surface area contributed by atoms with E-state index in [2.05, 4.69) is 0 Å². The fourth-order valence-electron chi connectivity index (χ4n) is 3.23. The van der Waals surface area contributed by atoms with E-state index in [1.807, 2.05) is 11.8 Å². The molecule has 0 aromatic carbocycles. The van der Waals surface area contributed by atoms with Crippen molar-refractivity contribution in [3.63, 3.8) is 0 Å². The van der Waals surface area contributed by atoms with E-state index in [9.17, 15) is 14.7 Å². The van der Waals surface area contributed by atoms with Crippen molar-refractivity contribution >= 4 is 11.8 Å². The average Bonchev–Trinajstić information content (AvgIpc) is 3.16. The van der Waals surface area contributed by atoms with Crippen molar-refractivity contribution in [2.24, 2.45) is 17.8 Å². The van der Waals surface area contributed by atoms with Crippen LogP contribution in [0, 0.1) is 17.8 Å². The van der Waals surface area contributed by atoms with Gasteiger partial charge in [0.15, 0.2) is 0 Å². The summed E-state index contributed by atoms with van der Waals surface area (Å²) in [5.74, 6) is 0.923. The van der Waals surface area contributed by atoms with E-state index >= 15 is 0 Å². The highest BCUT2D eigenvalue weighted by atomic mass is 16.3. The molecular weight excluding hydrogens is 256 g/mol. The van der Waals surface area contributed by atoms with Gasteiger partial charge in [-0.3, -0.25) is 9.59 Å².